The van der Waals surface area contributed by atoms with Crippen molar-refractivity contribution in [2.75, 3.05) is 87.4 Å². The zero-order chi connectivity index (χ0) is 56.3. The van der Waals surface area contributed by atoms with Gasteiger partial charge in [-0.2, -0.15) is 0 Å². The van der Waals surface area contributed by atoms with E-state index < -0.39 is 54.1 Å². The molecule has 1 fully saturated rings. The van der Waals surface area contributed by atoms with Crippen LogP contribution in [0.4, 0.5) is 21.9 Å². The van der Waals surface area contributed by atoms with Gasteiger partial charge in [0.15, 0.2) is 6.35 Å². The molecule has 4 heterocycles. The number of H-pyrrole nitrogens is 1. The Morgan fingerprint density at radius 2 is 1.53 bits per heavy atom. The molecule has 4 unspecified atom stereocenters. The Kier molecular flexibility index (Phi) is 19.1. The number of nitrogens with two attached hydrogens (primary N) is 1. The Balaban J connectivity index is 0.870. The molecule has 0 saturated carbocycles. The van der Waals surface area contributed by atoms with E-state index in [4.69, 9.17) is 22.1 Å². The molecule has 10 N–H and O–H groups in total. The average molecular weight is 1100 g/mol. The molecule has 8 rings (SSSR count). The first-order valence-corrected chi connectivity index (χ1v) is 27.0. The zero-order valence-corrected chi connectivity index (χ0v) is 45.1. The highest BCUT2D eigenvalue weighted by Gasteiger charge is 2.37. The van der Waals surface area contributed by atoms with Gasteiger partial charge in [0.25, 0.3) is 23.6 Å². The molecular weight excluding hydrogens is 1040 g/mol. The number of rotatable bonds is 23. The highest BCUT2D eigenvalue weighted by molar-refractivity contribution is 6.19. The Morgan fingerprint density at radius 3 is 2.23 bits per heavy atom. The standard InChI is InChI=1S/C56H67ClN12O10/c1-33(2)50(60-22-21-59-46(70)11-7-23-68-47(71)18-19-48(68)72)53(75)65-42(10-6-20-61-55(58)77)52(74)62-37-14-12-34(13-15-37)51(73)63-38-16-17-41-35(28-38)29-43(64-41)54(76)69-32-36(31-57)49-40-9-5-4-8-39(40)45(30-44(49)69)79-56(78)67-26-24-66(3)25-27-67/h4-5,8-9,12-19,28-30,33,36,42,50,55,60-61,64,77H,6-7,10-11,20-27,31-32,58H2,1-3H3,(H,59,70)(H,62,74)(H,63,73)(H,65,75). The van der Waals surface area contributed by atoms with Crippen LogP contribution in [0.1, 0.15) is 71.9 Å². The summed E-state index contributed by atoms with van der Waals surface area (Å²) in [5.74, 6) is -2.57. The summed E-state index contributed by atoms with van der Waals surface area (Å²) in [5, 5.41) is 28.9. The number of nitrogens with one attached hydrogen (secondary N) is 7. The van der Waals surface area contributed by atoms with Gasteiger partial charge in [0.05, 0.1) is 11.7 Å². The topological polar surface area (TPSA) is 293 Å². The molecule has 22 nitrogen and oxygen atoms in total. The van der Waals surface area contributed by atoms with Crippen molar-refractivity contribution in [3.8, 4) is 5.75 Å². The number of amides is 8. The number of carbonyl (C=O) groups excluding carboxylic acids is 8. The molecular formula is C56H67ClN12O10. The monoisotopic (exact) mass is 1100 g/mol. The summed E-state index contributed by atoms with van der Waals surface area (Å²) >= 11 is 6.56. The first-order valence-electron chi connectivity index (χ1n) is 26.4. The van der Waals surface area contributed by atoms with Gasteiger partial charge in [-0.25, -0.2) is 4.79 Å². The third kappa shape index (κ3) is 14.3. The minimum atomic E-state index is -1.26. The minimum absolute atomic E-state index is 0.0984. The summed E-state index contributed by atoms with van der Waals surface area (Å²) in [4.78, 5) is 115. The smallest absolute Gasteiger partial charge is 0.409 e. The first-order chi connectivity index (χ1) is 38.0. The van der Waals surface area contributed by atoms with Gasteiger partial charge in [0.2, 0.25) is 17.7 Å². The summed E-state index contributed by atoms with van der Waals surface area (Å²) in [6.07, 6.45) is 1.61. The van der Waals surface area contributed by atoms with Crippen molar-refractivity contribution in [3.63, 3.8) is 0 Å². The predicted octanol–water partition coefficient (Wildman–Crippen LogP) is 3.77. The molecule has 418 valence electrons. The molecule has 4 atom stereocenters. The molecule has 3 aliphatic heterocycles. The van der Waals surface area contributed by atoms with E-state index in [1.807, 2.05) is 45.2 Å². The van der Waals surface area contributed by atoms with E-state index in [2.05, 4.69) is 41.8 Å². The predicted molar refractivity (Wildman–Crippen MR) is 300 cm³/mol. The lowest BCUT2D eigenvalue weighted by molar-refractivity contribution is -0.137. The third-order valence-corrected chi connectivity index (χ3v) is 14.5. The number of aliphatic hydroxyl groups is 1. The van der Waals surface area contributed by atoms with Crippen LogP contribution >= 0.6 is 11.6 Å². The maximum Gasteiger partial charge on any atom is 0.415 e. The SMILES string of the molecule is CC(C)C(NCCNC(=O)CCCN1C(=O)C=CC1=O)C(=O)NC(CCCNC(N)O)C(=O)Nc1ccc(C(=O)Nc2ccc3[nH]c(C(=O)N4CC(CCl)c5c4cc(OC(=O)N4CCN(C)CC4)c4ccccc54)cc3c2)cc1. The van der Waals surface area contributed by atoms with Crippen LogP contribution in [0.5, 0.6) is 5.75 Å². The maximum absolute atomic E-state index is 14.4. The number of hydrogen-bond acceptors (Lipinski definition) is 14. The number of imide groups is 1. The number of hydrogen-bond donors (Lipinski definition) is 9. The average Bonchev–Trinajstić information content (AvgIpc) is 4.36. The fourth-order valence-electron chi connectivity index (χ4n) is 9.86. The lowest BCUT2D eigenvalue weighted by atomic mass is 9.95. The molecule has 0 bridgehead atoms. The van der Waals surface area contributed by atoms with Crippen LogP contribution in [0.3, 0.4) is 0 Å². The number of aromatic amines is 1. The van der Waals surface area contributed by atoms with E-state index in [0.29, 0.717) is 71.9 Å². The van der Waals surface area contributed by atoms with Crippen molar-refractivity contribution in [2.45, 2.75) is 63.9 Å². The van der Waals surface area contributed by atoms with Crippen LogP contribution in [-0.2, 0) is 24.0 Å². The van der Waals surface area contributed by atoms with Crippen LogP contribution in [-0.4, -0.2) is 162 Å². The summed E-state index contributed by atoms with van der Waals surface area (Å²) in [6, 6.07) is 20.8. The van der Waals surface area contributed by atoms with E-state index in [1.165, 1.54) is 12.2 Å². The fraction of sp³-hybridized carbons (Fsp3) is 0.393. The summed E-state index contributed by atoms with van der Waals surface area (Å²) in [5.41, 5.74) is 9.03. The molecule has 1 aromatic heterocycles. The fourth-order valence-corrected chi connectivity index (χ4v) is 10.1. The number of nitrogens with zero attached hydrogens (tertiary/aromatic N) is 4. The number of fused-ring (bicyclic) bond motifs is 4. The van der Waals surface area contributed by atoms with E-state index in [1.54, 1.807) is 64.4 Å². The van der Waals surface area contributed by atoms with Crippen molar-refractivity contribution >= 4 is 97.8 Å². The van der Waals surface area contributed by atoms with Gasteiger partial charge in [-0.15, -0.1) is 11.6 Å². The number of halogens is 1. The van der Waals surface area contributed by atoms with E-state index in [0.717, 1.165) is 34.3 Å². The molecule has 23 heteroatoms. The molecule has 4 aromatic carbocycles. The number of ether oxygens (including phenoxy) is 1. The zero-order valence-electron chi connectivity index (χ0n) is 44.3. The minimum Gasteiger partial charge on any atom is -0.409 e. The van der Waals surface area contributed by atoms with Crippen molar-refractivity contribution < 1.29 is 48.2 Å². The van der Waals surface area contributed by atoms with Crippen LogP contribution in [0.2, 0.25) is 0 Å². The number of anilines is 3. The van der Waals surface area contributed by atoms with Crippen molar-refractivity contribution in [2.24, 2.45) is 11.7 Å². The third-order valence-electron chi connectivity index (χ3n) is 14.1. The number of piperazine rings is 1. The van der Waals surface area contributed by atoms with Crippen LogP contribution in [0, 0.1) is 5.92 Å². The number of alkyl halides is 1. The van der Waals surface area contributed by atoms with Gasteiger partial charge in [-0.3, -0.25) is 49.5 Å². The Labute approximate surface area is 461 Å². The molecule has 1 saturated heterocycles. The quantitative estimate of drug-likeness (QED) is 0.0195. The second-order valence-electron chi connectivity index (χ2n) is 20.2. The largest absolute Gasteiger partial charge is 0.415 e. The Hall–Kier alpha value is -7.73. The van der Waals surface area contributed by atoms with Crippen molar-refractivity contribution in [1.29, 1.82) is 0 Å². The molecule has 79 heavy (non-hydrogen) atoms. The summed E-state index contributed by atoms with van der Waals surface area (Å²) in [7, 11) is 2.01. The van der Waals surface area contributed by atoms with E-state index >= 15 is 0 Å². The number of likely N-dealkylation sites (N-methyl/N-ethyl adjacent to an activating group) is 1. The lowest BCUT2D eigenvalue weighted by Gasteiger charge is -2.31. The second kappa shape index (κ2) is 26.3. The second-order valence-corrected chi connectivity index (χ2v) is 20.5. The van der Waals surface area contributed by atoms with Crippen molar-refractivity contribution in [1.82, 2.24) is 41.0 Å². The molecule has 3 aliphatic rings. The number of benzene rings is 4. The number of aliphatic hydroxyl groups excluding tert-OH is 1. The normalized spacial score (nSPS) is 16.5. The molecule has 5 aromatic rings. The van der Waals surface area contributed by atoms with Gasteiger partial charge in [-0.1, -0.05) is 38.1 Å². The van der Waals surface area contributed by atoms with Crippen molar-refractivity contribution in [3.05, 3.63) is 108 Å². The molecule has 0 aliphatic carbocycles. The lowest BCUT2D eigenvalue weighted by Crippen LogP contribution is -2.54. The van der Waals surface area contributed by atoms with Gasteiger partial charge in [-0.05, 0) is 98.3 Å². The van der Waals surface area contributed by atoms with Crippen LogP contribution < -0.4 is 47.3 Å². The molecule has 0 spiro atoms. The maximum atomic E-state index is 14.4. The van der Waals surface area contributed by atoms with Gasteiger partial charge >= 0.3 is 6.09 Å². The molecule has 8 amide bonds. The highest BCUT2D eigenvalue weighted by Crippen LogP contribution is 2.46. The molecule has 0 radical (unpaired) electrons. The highest BCUT2D eigenvalue weighted by atomic mass is 35.5. The van der Waals surface area contributed by atoms with Gasteiger partial charge in [0.1, 0.15) is 17.5 Å². The number of aromatic nitrogens is 1. The summed E-state index contributed by atoms with van der Waals surface area (Å²) in [6.45, 7) is 7.36. The Morgan fingerprint density at radius 1 is 0.823 bits per heavy atom. The number of carbonyl (C=O) groups is 8. The first kappa shape index (κ1) is 57.4. The van der Waals surface area contributed by atoms with E-state index in [-0.39, 0.29) is 74.1 Å². The Bertz CT molecular complexity index is 3100. The van der Waals surface area contributed by atoms with E-state index in [9.17, 15) is 43.5 Å². The van der Waals surface area contributed by atoms with Crippen LogP contribution in [0.15, 0.2) is 91.0 Å². The van der Waals surface area contributed by atoms with Gasteiger partial charge in [0, 0.05) is 122 Å². The summed E-state index contributed by atoms with van der Waals surface area (Å²) < 4.78 is 6.06. The van der Waals surface area contributed by atoms with Gasteiger partial charge < -0.3 is 56.1 Å². The van der Waals surface area contributed by atoms with Crippen LogP contribution in [0.25, 0.3) is 21.7 Å².